The first kappa shape index (κ1) is 15.9. The number of aryl methyl sites for hydroxylation is 2. The summed E-state index contributed by atoms with van der Waals surface area (Å²) in [7, 11) is 0. The molecule has 116 valence electrons. The van der Waals surface area contributed by atoms with Crippen molar-refractivity contribution in [2.45, 2.75) is 33.3 Å². The highest BCUT2D eigenvalue weighted by Gasteiger charge is 2.15. The highest BCUT2D eigenvalue weighted by molar-refractivity contribution is 5.95. The number of carbonyl (C=O) groups excluding carboxylic acids is 1. The number of nitrogens with one attached hydrogen (secondary N) is 1. The summed E-state index contributed by atoms with van der Waals surface area (Å²) in [5.74, 6) is 0.484. The molecule has 4 heteroatoms. The Morgan fingerprint density at radius 2 is 1.91 bits per heavy atom. The maximum atomic E-state index is 12.2. The Labute approximate surface area is 131 Å². The Morgan fingerprint density at radius 1 is 1.23 bits per heavy atom. The van der Waals surface area contributed by atoms with Gasteiger partial charge >= 0.3 is 0 Å². The number of anilines is 2. The molecule has 0 spiro atoms. The summed E-state index contributed by atoms with van der Waals surface area (Å²) in [5.41, 5.74) is 9.27. The number of hydrogen-bond donors (Lipinski definition) is 2. The second kappa shape index (κ2) is 6.98. The fourth-order valence-corrected chi connectivity index (χ4v) is 2.07. The molecule has 0 fully saturated rings. The van der Waals surface area contributed by atoms with Gasteiger partial charge in [0.15, 0.2) is 6.10 Å². The first-order chi connectivity index (χ1) is 10.5. The van der Waals surface area contributed by atoms with Gasteiger partial charge in [0, 0.05) is 11.4 Å². The van der Waals surface area contributed by atoms with Gasteiger partial charge < -0.3 is 15.8 Å². The molecule has 0 heterocycles. The molecule has 0 bridgehead atoms. The van der Waals surface area contributed by atoms with Crippen LogP contribution in [-0.2, 0) is 11.2 Å². The third kappa shape index (κ3) is 4.01. The lowest BCUT2D eigenvalue weighted by Crippen LogP contribution is -2.30. The third-order valence-corrected chi connectivity index (χ3v) is 3.53. The molecule has 0 aliphatic carbocycles. The van der Waals surface area contributed by atoms with Gasteiger partial charge in [-0.15, -0.1) is 0 Å². The lowest BCUT2D eigenvalue weighted by molar-refractivity contribution is -0.122. The third-order valence-electron chi connectivity index (χ3n) is 3.53. The number of benzene rings is 2. The van der Waals surface area contributed by atoms with Crippen LogP contribution in [0.4, 0.5) is 11.4 Å². The molecule has 0 saturated carbocycles. The average molecular weight is 298 g/mol. The summed E-state index contributed by atoms with van der Waals surface area (Å²) in [5, 5.41) is 2.85. The van der Waals surface area contributed by atoms with E-state index in [-0.39, 0.29) is 5.91 Å². The summed E-state index contributed by atoms with van der Waals surface area (Å²) in [4.78, 5) is 12.2. The van der Waals surface area contributed by atoms with E-state index in [4.69, 9.17) is 10.5 Å². The van der Waals surface area contributed by atoms with Crippen molar-refractivity contribution in [3.05, 3.63) is 53.6 Å². The number of ether oxygens (including phenoxy) is 1. The Balaban J connectivity index is 2.00. The molecule has 4 nitrogen and oxygen atoms in total. The second-order valence-corrected chi connectivity index (χ2v) is 5.32. The summed E-state index contributed by atoms with van der Waals surface area (Å²) in [6.45, 7) is 5.74. The van der Waals surface area contributed by atoms with Gasteiger partial charge in [0.1, 0.15) is 5.75 Å². The van der Waals surface area contributed by atoms with Crippen molar-refractivity contribution in [2.75, 3.05) is 11.1 Å². The summed E-state index contributed by atoms with van der Waals surface area (Å²) in [6, 6.07) is 13.2. The van der Waals surface area contributed by atoms with Crippen LogP contribution in [-0.4, -0.2) is 12.0 Å². The normalized spacial score (nSPS) is 11.8. The average Bonchev–Trinajstić information content (AvgIpc) is 2.51. The fourth-order valence-electron chi connectivity index (χ4n) is 2.07. The lowest BCUT2D eigenvalue weighted by atomic mass is 10.1. The highest BCUT2D eigenvalue weighted by atomic mass is 16.5. The number of carbonyl (C=O) groups is 1. The lowest BCUT2D eigenvalue weighted by Gasteiger charge is -2.16. The second-order valence-electron chi connectivity index (χ2n) is 5.32. The van der Waals surface area contributed by atoms with E-state index in [1.54, 1.807) is 19.1 Å². The molecular formula is C18H22N2O2. The smallest absolute Gasteiger partial charge is 0.265 e. The first-order valence-corrected chi connectivity index (χ1v) is 7.42. The minimum Gasteiger partial charge on any atom is -0.481 e. The summed E-state index contributed by atoms with van der Waals surface area (Å²) >= 11 is 0. The van der Waals surface area contributed by atoms with E-state index in [0.717, 1.165) is 12.0 Å². The van der Waals surface area contributed by atoms with Gasteiger partial charge in [-0.25, -0.2) is 0 Å². The zero-order valence-corrected chi connectivity index (χ0v) is 13.2. The zero-order chi connectivity index (χ0) is 16.1. The molecule has 1 amide bonds. The van der Waals surface area contributed by atoms with Crippen LogP contribution in [0.2, 0.25) is 0 Å². The Hall–Kier alpha value is -2.49. The van der Waals surface area contributed by atoms with E-state index >= 15 is 0 Å². The quantitative estimate of drug-likeness (QED) is 0.830. The maximum absolute atomic E-state index is 12.2. The molecule has 0 aromatic heterocycles. The van der Waals surface area contributed by atoms with Gasteiger partial charge in [0.25, 0.3) is 5.91 Å². The molecule has 0 aliphatic rings. The van der Waals surface area contributed by atoms with Crippen LogP contribution in [0.15, 0.2) is 42.5 Å². The van der Waals surface area contributed by atoms with Gasteiger partial charge in [-0.05, 0) is 55.7 Å². The zero-order valence-electron chi connectivity index (χ0n) is 13.2. The molecule has 0 aliphatic heterocycles. The number of amides is 1. The van der Waals surface area contributed by atoms with E-state index in [1.165, 1.54) is 5.56 Å². The molecule has 2 aromatic rings. The molecule has 2 aromatic carbocycles. The van der Waals surface area contributed by atoms with Gasteiger partial charge in [0.05, 0.1) is 0 Å². The Morgan fingerprint density at radius 3 is 2.55 bits per heavy atom. The molecule has 22 heavy (non-hydrogen) atoms. The van der Waals surface area contributed by atoms with Crippen LogP contribution in [0.3, 0.4) is 0 Å². The predicted octanol–water partition coefficient (Wildman–Crippen LogP) is 3.55. The predicted molar refractivity (Wildman–Crippen MR) is 90.1 cm³/mol. The van der Waals surface area contributed by atoms with Crippen LogP contribution in [0.1, 0.15) is 25.0 Å². The van der Waals surface area contributed by atoms with Crippen molar-refractivity contribution in [3.8, 4) is 5.75 Å². The topological polar surface area (TPSA) is 64.3 Å². The van der Waals surface area contributed by atoms with Crippen LogP contribution in [0.5, 0.6) is 5.75 Å². The summed E-state index contributed by atoms with van der Waals surface area (Å²) < 4.78 is 5.67. The van der Waals surface area contributed by atoms with Gasteiger partial charge in [0.2, 0.25) is 0 Å². The van der Waals surface area contributed by atoms with Crippen molar-refractivity contribution in [1.82, 2.24) is 0 Å². The van der Waals surface area contributed by atoms with E-state index < -0.39 is 6.10 Å². The SMILES string of the molecule is CCc1ccc(O[C@@H](C)C(=O)Nc2cc(N)ccc2C)cc1. The van der Waals surface area contributed by atoms with Crippen molar-refractivity contribution in [2.24, 2.45) is 0 Å². The number of nitrogens with two attached hydrogens (primary N) is 1. The largest absolute Gasteiger partial charge is 0.481 e. The first-order valence-electron chi connectivity index (χ1n) is 7.42. The standard InChI is InChI=1S/C18H22N2O2/c1-4-14-6-9-16(10-7-14)22-13(3)18(21)20-17-11-15(19)8-5-12(17)2/h5-11,13H,4,19H2,1-3H3,(H,20,21)/t13-/m0/s1. The molecular weight excluding hydrogens is 276 g/mol. The maximum Gasteiger partial charge on any atom is 0.265 e. The minimum atomic E-state index is -0.590. The Kier molecular flexibility index (Phi) is 5.04. The molecule has 3 N–H and O–H groups in total. The van der Waals surface area contributed by atoms with E-state index in [0.29, 0.717) is 17.1 Å². The van der Waals surface area contributed by atoms with E-state index in [1.807, 2.05) is 37.3 Å². The number of hydrogen-bond acceptors (Lipinski definition) is 3. The van der Waals surface area contributed by atoms with Crippen molar-refractivity contribution in [1.29, 1.82) is 0 Å². The number of rotatable bonds is 5. The van der Waals surface area contributed by atoms with E-state index in [9.17, 15) is 4.79 Å². The van der Waals surface area contributed by atoms with Crippen LogP contribution in [0, 0.1) is 6.92 Å². The molecule has 1 atom stereocenters. The molecule has 0 saturated heterocycles. The molecule has 2 rings (SSSR count). The fraction of sp³-hybridized carbons (Fsp3) is 0.278. The molecule has 0 radical (unpaired) electrons. The van der Waals surface area contributed by atoms with E-state index in [2.05, 4.69) is 12.2 Å². The van der Waals surface area contributed by atoms with Crippen molar-refractivity contribution in [3.63, 3.8) is 0 Å². The van der Waals surface area contributed by atoms with Crippen LogP contribution < -0.4 is 15.8 Å². The minimum absolute atomic E-state index is 0.201. The summed E-state index contributed by atoms with van der Waals surface area (Å²) in [6.07, 6.45) is 0.388. The Bertz CT molecular complexity index is 651. The van der Waals surface area contributed by atoms with Crippen LogP contribution in [0.25, 0.3) is 0 Å². The van der Waals surface area contributed by atoms with Crippen LogP contribution >= 0.6 is 0 Å². The van der Waals surface area contributed by atoms with Gasteiger partial charge in [-0.3, -0.25) is 4.79 Å². The van der Waals surface area contributed by atoms with Crippen molar-refractivity contribution < 1.29 is 9.53 Å². The monoisotopic (exact) mass is 298 g/mol. The van der Waals surface area contributed by atoms with Crippen molar-refractivity contribution >= 4 is 17.3 Å². The highest BCUT2D eigenvalue weighted by Crippen LogP contribution is 2.19. The van der Waals surface area contributed by atoms with Gasteiger partial charge in [-0.2, -0.15) is 0 Å². The van der Waals surface area contributed by atoms with Gasteiger partial charge in [-0.1, -0.05) is 25.1 Å². The molecule has 0 unspecified atom stereocenters. The number of nitrogen functional groups attached to an aromatic ring is 1.